The monoisotopic (exact) mass is 284 g/mol. The van der Waals surface area contributed by atoms with Crippen LogP contribution in [0.4, 0.5) is 0 Å². The second-order valence-corrected chi connectivity index (χ2v) is 8.81. The van der Waals surface area contributed by atoms with Crippen LogP contribution < -0.4 is 0 Å². The van der Waals surface area contributed by atoms with Crippen molar-refractivity contribution in [3.05, 3.63) is 0 Å². The topological polar surface area (TPSA) is 60.7 Å². The fourth-order valence-electron chi connectivity index (χ4n) is 4.88. The van der Waals surface area contributed by atoms with Gasteiger partial charge in [0, 0.05) is 10.8 Å². The molecule has 0 aliphatic heterocycles. The van der Waals surface area contributed by atoms with Crippen LogP contribution in [0.25, 0.3) is 0 Å². The Balaban J connectivity index is 2.53. The van der Waals surface area contributed by atoms with Gasteiger partial charge < -0.3 is 15.3 Å². The molecule has 0 aromatic carbocycles. The lowest BCUT2D eigenvalue weighted by molar-refractivity contribution is -0.164. The quantitative estimate of drug-likeness (QED) is 0.694. The maximum Gasteiger partial charge on any atom is 0.0679 e. The van der Waals surface area contributed by atoms with Crippen LogP contribution in [0.2, 0.25) is 0 Å². The molecule has 0 spiro atoms. The van der Waals surface area contributed by atoms with Crippen LogP contribution in [0.15, 0.2) is 0 Å². The van der Waals surface area contributed by atoms with Crippen LogP contribution >= 0.6 is 0 Å². The Labute approximate surface area is 123 Å². The van der Waals surface area contributed by atoms with Crippen LogP contribution in [0.3, 0.4) is 0 Å². The van der Waals surface area contributed by atoms with E-state index in [1.165, 1.54) is 0 Å². The van der Waals surface area contributed by atoms with Gasteiger partial charge in [0.1, 0.15) is 0 Å². The highest BCUT2D eigenvalue weighted by molar-refractivity contribution is 5.17. The van der Waals surface area contributed by atoms with Crippen molar-refractivity contribution in [3.63, 3.8) is 0 Å². The molecule has 0 bridgehead atoms. The fraction of sp³-hybridized carbons (Fsp3) is 1.00. The molecule has 0 radical (unpaired) electrons. The van der Waals surface area contributed by atoms with E-state index < -0.39 is 16.8 Å². The first-order valence-electron chi connectivity index (χ1n) is 7.94. The number of hydrogen-bond donors (Lipinski definition) is 3. The van der Waals surface area contributed by atoms with Crippen molar-refractivity contribution >= 4 is 0 Å². The lowest BCUT2D eigenvalue weighted by Crippen LogP contribution is -2.56. The van der Waals surface area contributed by atoms with Crippen LogP contribution in [0.5, 0.6) is 0 Å². The molecular formula is C17H32O3. The zero-order chi connectivity index (χ0) is 15.6. The smallest absolute Gasteiger partial charge is 0.0679 e. The summed E-state index contributed by atoms with van der Waals surface area (Å²) in [5, 5.41) is 32.5. The molecule has 3 nitrogen and oxygen atoms in total. The SMILES string of the molecule is CC(C)(O)C1CCC(C)(O)C2(C)CCC(C)(O)C2(C)C1. The minimum atomic E-state index is -0.803. The molecule has 2 aliphatic rings. The van der Waals surface area contributed by atoms with Crippen molar-refractivity contribution in [2.75, 3.05) is 0 Å². The van der Waals surface area contributed by atoms with Gasteiger partial charge in [-0.15, -0.1) is 0 Å². The van der Waals surface area contributed by atoms with Gasteiger partial charge in [-0.3, -0.25) is 0 Å². The summed E-state index contributed by atoms with van der Waals surface area (Å²) in [5.41, 5.74) is -3.07. The van der Waals surface area contributed by atoms with Gasteiger partial charge in [-0.2, -0.15) is 0 Å². The van der Waals surface area contributed by atoms with Crippen LogP contribution in [-0.4, -0.2) is 32.1 Å². The highest BCUT2D eigenvalue weighted by Gasteiger charge is 2.68. The summed E-state index contributed by atoms with van der Waals surface area (Å²) in [6.07, 6.45) is 3.80. The summed E-state index contributed by atoms with van der Waals surface area (Å²) in [6.45, 7) is 11.8. The summed E-state index contributed by atoms with van der Waals surface area (Å²) in [7, 11) is 0. The maximum atomic E-state index is 11.1. The molecule has 0 amide bonds. The largest absolute Gasteiger partial charge is 0.390 e. The first-order chi connectivity index (χ1) is 8.77. The van der Waals surface area contributed by atoms with Crippen molar-refractivity contribution in [2.45, 2.75) is 90.4 Å². The van der Waals surface area contributed by atoms with Gasteiger partial charge in [-0.05, 0) is 65.7 Å². The summed E-state index contributed by atoms with van der Waals surface area (Å²) >= 11 is 0. The zero-order valence-corrected chi connectivity index (χ0v) is 14.0. The average molecular weight is 284 g/mol. The highest BCUT2D eigenvalue weighted by atomic mass is 16.3. The van der Waals surface area contributed by atoms with Gasteiger partial charge in [0.25, 0.3) is 0 Å². The van der Waals surface area contributed by atoms with Crippen LogP contribution in [0, 0.1) is 16.7 Å². The third kappa shape index (κ3) is 1.97. The molecule has 3 heteroatoms. The van der Waals surface area contributed by atoms with E-state index >= 15 is 0 Å². The van der Waals surface area contributed by atoms with E-state index in [1.54, 1.807) is 0 Å². The molecule has 5 unspecified atom stereocenters. The first kappa shape index (κ1) is 16.3. The summed E-state index contributed by atoms with van der Waals surface area (Å²) in [4.78, 5) is 0. The first-order valence-corrected chi connectivity index (χ1v) is 7.94. The predicted octanol–water partition coefficient (Wildman–Crippen LogP) is 2.87. The molecule has 2 fully saturated rings. The van der Waals surface area contributed by atoms with E-state index in [9.17, 15) is 15.3 Å². The lowest BCUT2D eigenvalue weighted by Gasteiger charge is -2.53. The van der Waals surface area contributed by atoms with Crippen molar-refractivity contribution in [3.8, 4) is 0 Å². The van der Waals surface area contributed by atoms with Crippen molar-refractivity contribution in [1.29, 1.82) is 0 Å². The van der Waals surface area contributed by atoms with E-state index in [2.05, 4.69) is 13.8 Å². The Morgan fingerprint density at radius 2 is 1.35 bits per heavy atom. The molecule has 0 heterocycles. The van der Waals surface area contributed by atoms with Gasteiger partial charge in [-0.1, -0.05) is 13.8 Å². The minimum absolute atomic E-state index is 0.102. The van der Waals surface area contributed by atoms with E-state index in [4.69, 9.17) is 0 Å². The zero-order valence-electron chi connectivity index (χ0n) is 14.0. The molecule has 2 aliphatic carbocycles. The molecule has 2 rings (SSSR count). The second-order valence-electron chi connectivity index (χ2n) is 8.81. The Kier molecular flexibility index (Phi) is 3.42. The molecule has 0 aromatic heterocycles. The summed E-state index contributed by atoms with van der Waals surface area (Å²) in [6, 6.07) is 0. The Morgan fingerprint density at radius 1 is 0.850 bits per heavy atom. The minimum Gasteiger partial charge on any atom is -0.390 e. The maximum absolute atomic E-state index is 11.1. The van der Waals surface area contributed by atoms with E-state index in [0.29, 0.717) is 12.8 Å². The molecule has 20 heavy (non-hydrogen) atoms. The normalized spacial score (nSPS) is 53.5. The number of rotatable bonds is 1. The van der Waals surface area contributed by atoms with Gasteiger partial charge in [0.05, 0.1) is 16.8 Å². The van der Waals surface area contributed by atoms with Crippen molar-refractivity contribution < 1.29 is 15.3 Å². The standard InChI is InChI=1S/C17H32O3/c1-13(2,18)12-7-8-16(5,19)14(3)9-10-17(6,20)15(14,4)11-12/h12,18-20H,7-11H2,1-6H3. The number of aliphatic hydroxyl groups is 3. The Morgan fingerprint density at radius 3 is 1.85 bits per heavy atom. The summed E-state index contributed by atoms with van der Waals surface area (Å²) in [5.74, 6) is 0.102. The van der Waals surface area contributed by atoms with Crippen molar-refractivity contribution in [1.82, 2.24) is 0 Å². The molecular weight excluding hydrogens is 252 g/mol. The summed E-state index contributed by atoms with van der Waals surface area (Å²) < 4.78 is 0. The van der Waals surface area contributed by atoms with Gasteiger partial charge in [-0.25, -0.2) is 0 Å². The van der Waals surface area contributed by atoms with Gasteiger partial charge in [0.15, 0.2) is 0 Å². The van der Waals surface area contributed by atoms with Gasteiger partial charge >= 0.3 is 0 Å². The number of hydrogen-bond acceptors (Lipinski definition) is 3. The van der Waals surface area contributed by atoms with Crippen molar-refractivity contribution in [2.24, 2.45) is 16.7 Å². The van der Waals surface area contributed by atoms with Crippen LogP contribution in [-0.2, 0) is 0 Å². The molecule has 118 valence electrons. The van der Waals surface area contributed by atoms with E-state index in [0.717, 1.165) is 19.3 Å². The van der Waals surface area contributed by atoms with Gasteiger partial charge in [0.2, 0.25) is 0 Å². The Hall–Kier alpha value is -0.120. The molecule has 3 N–H and O–H groups in total. The third-order valence-electron chi connectivity index (χ3n) is 7.34. The highest BCUT2D eigenvalue weighted by Crippen LogP contribution is 2.67. The lowest BCUT2D eigenvalue weighted by atomic mass is 9.54. The average Bonchev–Trinajstić information content (AvgIpc) is 2.39. The predicted molar refractivity (Wildman–Crippen MR) is 80.3 cm³/mol. The molecule has 0 aromatic rings. The van der Waals surface area contributed by atoms with E-state index in [1.807, 2.05) is 27.7 Å². The van der Waals surface area contributed by atoms with Crippen LogP contribution in [0.1, 0.15) is 73.6 Å². The molecule has 2 saturated carbocycles. The second kappa shape index (κ2) is 4.21. The Bertz CT molecular complexity index is 394. The van der Waals surface area contributed by atoms with E-state index in [-0.39, 0.29) is 16.7 Å². The third-order valence-corrected chi connectivity index (χ3v) is 7.34. The number of fused-ring (bicyclic) bond motifs is 1. The molecule has 0 saturated heterocycles. The fourth-order valence-corrected chi connectivity index (χ4v) is 4.88. The molecule has 5 atom stereocenters.